The molecule has 2 saturated heterocycles. The van der Waals surface area contributed by atoms with Crippen molar-refractivity contribution in [1.29, 1.82) is 0 Å². The van der Waals surface area contributed by atoms with Crippen molar-refractivity contribution in [3.8, 4) is 0 Å². The second-order valence-electron chi connectivity index (χ2n) is 6.09. The van der Waals surface area contributed by atoms with E-state index in [1.165, 1.54) is 37.8 Å². The predicted molar refractivity (Wildman–Crippen MR) is 77.0 cm³/mol. The lowest BCUT2D eigenvalue weighted by Gasteiger charge is -2.47. The van der Waals surface area contributed by atoms with Crippen LogP contribution in [-0.2, 0) is 13.1 Å². The molecule has 4 nitrogen and oxygen atoms in total. The monoisotopic (exact) mass is 262 g/mol. The number of aromatic nitrogens is 2. The number of nitrogens with one attached hydrogen (secondary N) is 1. The van der Waals surface area contributed by atoms with Gasteiger partial charge >= 0.3 is 0 Å². The Morgan fingerprint density at radius 2 is 2.05 bits per heavy atom. The van der Waals surface area contributed by atoms with Crippen LogP contribution in [0.4, 0.5) is 0 Å². The molecule has 2 aliphatic heterocycles. The van der Waals surface area contributed by atoms with Crippen LogP contribution in [0.2, 0.25) is 0 Å². The minimum atomic E-state index is 0.687. The van der Waals surface area contributed by atoms with Gasteiger partial charge in [0.05, 0.1) is 5.69 Å². The molecular weight excluding hydrogens is 236 g/mol. The Hall–Kier alpha value is -0.870. The van der Waals surface area contributed by atoms with Gasteiger partial charge in [-0.15, -0.1) is 0 Å². The zero-order chi connectivity index (χ0) is 13.2. The minimum absolute atomic E-state index is 0.687. The largest absolute Gasteiger partial charge is 0.308 e. The van der Waals surface area contributed by atoms with Crippen LogP contribution in [-0.4, -0.2) is 39.9 Å². The van der Waals surface area contributed by atoms with Crippen molar-refractivity contribution < 1.29 is 0 Å². The standard InChI is InChI=1S/C15H26N4/c1-3-19-15(7-8-17-19)11-16-12-9-13-5-4-6-14(10-12)18(13)2/h7-8,12-14,16H,3-6,9-11H2,1-2H3. The first kappa shape index (κ1) is 13.1. The molecule has 3 rings (SSSR count). The molecule has 0 aliphatic carbocycles. The summed E-state index contributed by atoms with van der Waals surface area (Å²) in [5, 5.41) is 8.10. The third-order valence-electron chi connectivity index (χ3n) is 5.02. The maximum atomic E-state index is 4.34. The van der Waals surface area contributed by atoms with Crippen LogP contribution in [0, 0.1) is 0 Å². The topological polar surface area (TPSA) is 33.1 Å². The van der Waals surface area contributed by atoms with Crippen molar-refractivity contribution in [1.82, 2.24) is 20.0 Å². The summed E-state index contributed by atoms with van der Waals surface area (Å²) >= 11 is 0. The molecule has 2 atom stereocenters. The van der Waals surface area contributed by atoms with Gasteiger partial charge < -0.3 is 10.2 Å². The number of nitrogens with zero attached hydrogens (tertiary/aromatic N) is 3. The van der Waals surface area contributed by atoms with E-state index in [9.17, 15) is 0 Å². The third kappa shape index (κ3) is 2.70. The number of hydrogen-bond donors (Lipinski definition) is 1. The van der Waals surface area contributed by atoms with Crippen LogP contribution in [0.15, 0.2) is 12.3 Å². The van der Waals surface area contributed by atoms with Crippen LogP contribution in [0.3, 0.4) is 0 Å². The summed E-state index contributed by atoms with van der Waals surface area (Å²) in [5.41, 5.74) is 1.31. The Balaban J connectivity index is 1.56. The van der Waals surface area contributed by atoms with Gasteiger partial charge in [0, 0.05) is 37.4 Å². The van der Waals surface area contributed by atoms with Crippen molar-refractivity contribution in [3.05, 3.63) is 18.0 Å². The zero-order valence-electron chi connectivity index (χ0n) is 12.2. The Kier molecular flexibility index (Phi) is 3.89. The van der Waals surface area contributed by atoms with Crippen molar-refractivity contribution >= 4 is 0 Å². The summed E-state index contributed by atoms with van der Waals surface area (Å²) in [6.07, 6.45) is 8.73. The highest BCUT2D eigenvalue weighted by Crippen LogP contribution is 2.32. The number of hydrogen-bond acceptors (Lipinski definition) is 3. The SMILES string of the molecule is CCn1nccc1CNC1CC2CCCC(C1)N2C. The van der Waals surface area contributed by atoms with Gasteiger partial charge in [-0.3, -0.25) is 4.68 Å². The molecule has 1 N–H and O–H groups in total. The second kappa shape index (κ2) is 5.63. The fourth-order valence-electron chi connectivity index (χ4n) is 3.83. The molecule has 0 spiro atoms. The van der Waals surface area contributed by atoms with E-state index in [1.54, 1.807) is 0 Å². The first-order chi connectivity index (χ1) is 9.28. The van der Waals surface area contributed by atoms with Crippen molar-refractivity contribution in [3.63, 3.8) is 0 Å². The molecule has 0 amide bonds. The molecular formula is C15H26N4. The van der Waals surface area contributed by atoms with E-state index < -0.39 is 0 Å². The second-order valence-corrected chi connectivity index (χ2v) is 6.09. The zero-order valence-corrected chi connectivity index (χ0v) is 12.2. The first-order valence-corrected chi connectivity index (χ1v) is 7.74. The number of piperidine rings is 2. The van der Waals surface area contributed by atoms with Gasteiger partial charge in [0.1, 0.15) is 0 Å². The molecule has 1 aromatic heterocycles. The summed E-state index contributed by atoms with van der Waals surface area (Å²) in [6.45, 7) is 4.07. The molecule has 0 aromatic carbocycles. The molecule has 1 aromatic rings. The van der Waals surface area contributed by atoms with E-state index in [0.29, 0.717) is 6.04 Å². The molecule has 19 heavy (non-hydrogen) atoms. The van der Waals surface area contributed by atoms with Crippen LogP contribution in [0.25, 0.3) is 0 Å². The van der Waals surface area contributed by atoms with Gasteiger partial charge in [-0.1, -0.05) is 6.42 Å². The fourth-order valence-corrected chi connectivity index (χ4v) is 3.83. The van der Waals surface area contributed by atoms with Crippen molar-refractivity contribution in [2.24, 2.45) is 0 Å². The van der Waals surface area contributed by atoms with E-state index in [4.69, 9.17) is 0 Å². The average Bonchev–Trinajstić information content (AvgIpc) is 2.84. The number of aryl methyl sites for hydroxylation is 1. The van der Waals surface area contributed by atoms with Gasteiger partial charge in [0.2, 0.25) is 0 Å². The highest BCUT2D eigenvalue weighted by atomic mass is 15.3. The molecule has 3 heterocycles. The van der Waals surface area contributed by atoms with E-state index in [-0.39, 0.29) is 0 Å². The molecule has 4 heteroatoms. The van der Waals surface area contributed by atoms with E-state index >= 15 is 0 Å². The molecule has 2 unspecified atom stereocenters. The Bertz CT molecular complexity index is 400. The van der Waals surface area contributed by atoms with Gasteiger partial charge in [-0.25, -0.2) is 0 Å². The van der Waals surface area contributed by atoms with Crippen molar-refractivity contribution in [2.75, 3.05) is 7.05 Å². The molecule has 106 valence electrons. The van der Waals surface area contributed by atoms with E-state index in [1.807, 2.05) is 6.20 Å². The predicted octanol–water partition coefficient (Wildman–Crippen LogP) is 2.01. The summed E-state index contributed by atoms with van der Waals surface area (Å²) in [6, 6.07) is 4.43. The van der Waals surface area contributed by atoms with Gasteiger partial charge in [0.15, 0.2) is 0 Å². The highest BCUT2D eigenvalue weighted by Gasteiger charge is 2.35. The quantitative estimate of drug-likeness (QED) is 0.901. The molecule has 2 bridgehead atoms. The lowest BCUT2D eigenvalue weighted by atomic mass is 9.82. The Labute approximate surface area is 116 Å². The van der Waals surface area contributed by atoms with Crippen LogP contribution in [0.1, 0.15) is 44.7 Å². The maximum Gasteiger partial charge on any atom is 0.0522 e. The minimum Gasteiger partial charge on any atom is -0.308 e. The van der Waals surface area contributed by atoms with E-state index in [0.717, 1.165) is 25.2 Å². The van der Waals surface area contributed by atoms with E-state index in [2.05, 4.69) is 40.0 Å². The van der Waals surface area contributed by atoms with Gasteiger partial charge in [-0.05, 0) is 45.7 Å². The molecule has 0 saturated carbocycles. The third-order valence-corrected chi connectivity index (χ3v) is 5.02. The van der Waals surface area contributed by atoms with Crippen molar-refractivity contribution in [2.45, 2.75) is 70.2 Å². The smallest absolute Gasteiger partial charge is 0.0522 e. The number of fused-ring (bicyclic) bond motifs is 2. The average molecular weight is 262 g/mol. The normalized spacial score (nSPS) is 31.6. The first-order valence-electron chi connectivity index (χ1n) is 7.74. The van der Waals surface area contributed by atoms with Gasteiger partial charge in [0.25, 0.3) is 0 Å². The highest BCUT2D eigenvalue weighted by molar-refractivity contribution is 5.01. The Morgan fingerprint density at radius 3 is 2.74 bits per heavy atom. The number of rotatable bonds is 4. The summed E-state index contributed by atoms with van der Waals surface area (Å²) in [5.74, 6) is 0. The molecule has 0 radical (unpaired) electrons. The lowest BCUT2D eigenvalue weighted by Crippen LogP contribution is -2.54. The van der Waals surface area contributed by atoms with Crippen LogP contribution in [0.5, 0.6) is 0 Å². The molecule has 2 aliphatic rings. The van der Waals surface area contributed by atoms with Crippen LogP contribution >= 0.6 is 0 Å². The lowest BCUT2D eigenvalue weighted by molar-refractivity contribution is 0.0481. The molecule has 2 fully saturated rings. The van der Waals surface area contributed by atoms with Gasteiger partial charge in [-0.2, -0.15) is 5.10 Å². The summed E-state index contributed by atoms with van der Waals surface area (Å²) in [4.78, 5) is 2.62. The maximum absolute atomic E-state index is 4.34. The van der Waals surface area contributed by atoms with Crippen LogP contribution < -0.4 is 5.32 Å². The summed E-state index contributed by atoms with van der Waals surface area (Å²) in [7, 11) is 2.32. The fraction of sp³-hybridized carbons (Fsp3) is 0.800. The Morgan fingerprint density at radius 1 is 1.32 bits per heavy atom. The summed E-state index contributed by atoms with van der Waals surface area (Å²) < 4.78 is 2.09.